The van der Waals surface area contributed by atoms with Gasteiger partial charge in [0.15, 0.2) is 5.82 Å². The topological polar surface area (TPSA) is 94.0 Å². The number of nitrogens with zero attached hydrogens (tertiary/aromatic N) is 4. The maximum absolute atomic E-state index is 12.0. The maximum atomic E-state index is 12.0. The number of carbonyl (C=O) groups excluding carboxylic acids is 1. The summed E-state index contributed by atoms with van der Waals surface area (Å²) < 4.78 is 7.10. The Hall–Kier alpha value is -2.48. The quantitative estimate of drug-likeness (QED) is 0.889. The van der Waals surface area contributed by atoms with Gasteiger partial charge < -0.3 is 15.4 Å². The number of carbonyl (C=O) groups is 1. The number of hydrogen-bond acceptors (Lipinski definition) is 5. The van der Waals surface area contributed by atoms with Gasteiger partial charge in [0.25, 0.3) is 0 Å². The minimum Gasteiger partial charge on any atom is -0.376 e. The van der Waals surface area contributed by atoms with Crippen LogP contribution in [0.5, 0.6) is 0 Å². The average molecular weight is 302 g/mol. The van der Waals surface area contributed by atoms with Crippen LogP contribution in [-0.2, 0) is 4.74 Å². The molecule has 0 bridgehead atoms. The standard InChI is InChI=1S/C14H18N6O2/c1-10(12-3-2-6-22-12)18-14(21)19-11-4-5-13(16-7-11)20-9-15-8-17-20/h4-5,7-10,12H,2-3,6H2,1H3,(H2,18,19,21)/t10-,12-/m1/s1. The van der Waals surface area contributed by atoms with E-state index in [4.69, 9.17) is 4.74 Å². The zero-order valence-corrected chi connectivity index (χ0v) is 12.3. The Balaban J connectivity index is 1.55. The van der Waals surface area contributed by atoms with Gasteiger partial charge in [-0.15, -0.1) is 0 Å². The first-order chi connectivity index (χ1) is 10.7. The molecule has 2 N–H and O–H groups in total. The normalized spacial score (nSPS) is 18.9. The van der Waals surface area contributed by atoms with Crippen LogP contribution in [0.25, 0.3) is 5.82 Å². The highest BCUT2D eigenvalue weighted by atomic mass is 16.5. The summed E-state index contributed by atoms with van der Waals surface area (Å²) in [5.41, 5.74) is 0.612. The van der Waals surface area contributed by atoms with Gasteiger partial charge in [-0.1, -0.05) is 0 Å². The number of rotatable bonds is 4. The van der Waals surface area contributed by atoms with Gasteiger partial charge in [0.05, 0.1) is 24.0 Å². The fourth-order valence-corrected chi connectivity index (χ4v) is 2.39. The van der Waals surface area contributed by atoms with Crippen LogP contribution in [0, 0.1) is 0 Å². The first-order valence-electron chi connectivity index (χ1n) is 7.22. The summed E-state index contributed by atoms with van der Waals surface area (Å²) in [6.45, 7) is 2.72. The number of pyridine rings is 1. The van der Waals surface area contributed by atoms with E-state index in [0.29, 0.717) is 11.5 Å². The highest BCUT2D eigenvalue weighted by Gasteiger charge is 2.23. The van der Waals surface area contributed by atoms with Crippen molar-refractivity contribution >= 4 is 11.7 Å². The van der Waals surface area contributed by atoms with E-state index in [1.807, 2.05) is 6.92 Å². The van der Waals surface area contributed by atoms with Gasteiger partial charge in [0, 0.05) is 6.61 Å². The van der Waals surface area contributed by atoms with Crippen molar-refractivity contribution < 1.29 is 9.53 Å². The largest absolute Gasteiger partial charge is 0.376 e. The van der Waals surface area contributed by atoms with Gasteiger partial charge in [-0.25, -0.2) is 19.4 Å². The molecule has 1 aliphatic heterocycles. The van der Waals surface area contributed by atoms with Crippen molar-refractivity contribution in [2.24, 2.45) is 0 Å². The fraction of sp³-hybridized carbons (Fsp3) is 0.429. The van der Waals surface area contributed by atoms with Crippen LogP contribution in [-0.4, -0.2) is 44.5 Å². The van der Waals surface area contributed by atoms with Crippen molar-refractivity contribution in [2.75, 3.05) is 11.9 Å². The molecule has 8 heteroatoms. The van der Waals surface area contributed by atoms with Crippen molar-refractivity contribution in [3.05, 3.63) is 31.0 Å². The van der Waals surface area contributed by atoms with E-state index in [1.165, 1.54) is 6.33 Å². The van der Waals surface area contributed by atoms with E-state index < -0.39 is 0 Å². The second-order valence-electron chi connectivity index (χ2n) is 5.18. The molecule has 0 unspecified atom stereocenters. The van der Waals surface area contributed by atoms with Gasteiger partial charge in [-0.3, -0.25) is 0 Å². The Morgan fingerprint density at radius 1 is 1.50 bits per heavy atom. The summed E-state index contributed by atoms with van der Waals surface area (Å²) in [5, 5.41) is 9.63. The summed E-state index contributed by atoms with van der Waals surface area (Å²) >= 11 is 0. The first kappa shape index (κ1) is 14.5. The SMILES string of the molecule is C[C@@H](NC(=O)Nc1ccc(-n2cncn2)nc1)[C@H]1CCCO1. The number of nitrogens with one attached hydrogen (secondary N) is 2. The van der Waals surface area contributed by atoms with Crippen molar-refractivity contribution in [1.82, 2.24) is 25.1 Å². The van der Waals surface area contributed by atoms with Gasteiger partial charge in [0.1, 0.15) is 12.7 Å². The Bertz CT molecular complexity index is 607. The summed E-state index contributed by atoms with van der Waals surface area (Å²) in [4.78, 5) is 20.0. The van der Waals surface area contributed by atoms with E-state index in [9.17, 15) is 4.79 Å². The molecule has 0 spiro atoms. The molecule has 116 valence electrons. The molecule has 0 aliphatic carbocycles. The molecule has 3 heterocycles. The Morgan fingerprint density at radius 3 is 3.05 bits per heavy atom. The zero-order chi connectivity index (χ0) is 15.4. The van der Waals surface area contributed by atoms with Gasteiger partial charge >= 0.3 is 6.03 Å². The second-order valence-corrected chi connectivity index (χ2v) is 5.18. The number of hydrogen-bond donors (Lipinski definition) is 2. The van der Waals surface area contributed by atoms with Crippen LogP contribution in [0.2, 0.25) is 0 Å². The van der Waals surface area contributed by atoms with E-state index in [2.05, 4.69) is 25.7 Å². The van der Waals surface area contributed by atoms with Crippen molar-refractivity contribution in [2.45, 2.75) is 31.9 Å². The monoisotopic (exact) mass is 302 g/mol. The lowest BCUT2D eigenvalue weighted by Crippen LogP contribution is -2.43. The average Bonchev–Trinajstić information content (AvgIpc) is 3.21. The number of anilines is 1. The van der Waals surface area contributed by atoms with Crippen LogP contribution in [0.4, 0.5) is 10.5 Å². The molecule has 2 atom stereocenters. The molecular formula is C14H18N6O2. The van der Waals surface area contributed by atoms with Gasteiger partial charge in [-0.2, -0.15) is 5.10 Å². The zero-order valence-electron chi connectivity index (χ0n) is 12.3. The van der Waals surface area contributed by atoms with Crippen molar-refractivity contribution in [1.29, 1.82) is 0 Å². The molecule has 1 saturated heterocycles. The van der Waals surface area contributed by atoms with E-state index in [-0.39, 0.29) is 18.2 Å². The lowest BCUT2D eigenvalue weighted by atomic mass is 10.1. The lowest BCUT2D eigenvalue weighted by molar-refractivity contribution is 0.0868. The Kier molecular flexibility index (Phi) is 4.29. The number of aromatic nitrogens is 4. The summed E-state index contributed by atoms with van der Waals surface area (Å²) in [6, 6.07) is 3.23. The third kappa shape index (κ3) is 3.40. The molecule has 2 amide bonds. The van der Waals surface area contributed by atoms with Crippen molar-refractivity contribution in [3.8, 4) is 5.82 Å². The van der Waals surface area contributed by atoms with Gasteiger partial charge in [0.2, 0.25) is 0 Å². The van der Waals surface area contributed by atoms with Gasteiger partial charge in [-0.05, 0) is 31.9 Å². The predicted octanol–water partition coefficient (Wildman–Crippen LogP) is 1.35. The smallest absolute Gasteiger partial charge is 0.319 e. The van der Waals surface area contributed by atoms with Crippen LogP contribution >= 0.6 is 0 Å². The van der Waals surface area contributed by atoms with E-state index in [0.717, 1.165) is 19.4 Å². The molecule has 2 aromatic heterocycles. The van der Waals surface area contributed by atoms with Crippen LogP contribution < -0.4 is 10.6 Å². The molecule has 22 heavy (non-hydrogen) atoms. The maximum Gasteiger partial charge on any atom is 0.319 e. The van der Waals surface area contributed by atoms with Crippen molar-refractivity contribution in [3.63, 3.8) is 0 Å². The van der Waals surface area contributed by atoms with Crippen LogP contribution in [0.15, 0.2) is 31.0 Å². The molecular weight excluding hydrogens is 284 g/mol. The minimum atomic E-state index is -0.265. The number of urea groups is 1. The molecule has 0 saturated carbocycles. The first-order valence-corrected chi connectivity index (χ1v) is 7.22. The van der Waals surface area contributed by atoms with Crippen LogP contribution in [0.3, 0.4) is 0 Å². The molecule has 1 aliphatic rings. The van der Waals surface area contributed by atoms with E-state index >= 15 is 0 Å². The van der Waals surface area contributed by atoms with E-state index in [1.54, 1.807) is 29.3 Å². The summed E-state index contributed by atoms with van der Waals surface area (Å²) in [7, 11) is 0. The molecule has 2 aromatic rings. The lowest BCUT2D eigenvalue weighted by Gasteiger charge is -2.20. The number of ether oxygens (including phenoxy) is 1. The number of amides is 2. The minimum absolute atomic E-state index is 0.0233. The Labute approximate surface area is 127 Å². The highest BCUT2D eigenvalue weighted by Crippen LogP contribution is 2.15. The summed E-state index contributed by atoms with van der Waals surface area (Å²) in [5.74, 6) is 0.635. The Morgan fingerprint density at radius 2 is 2.41 bits per heavy atom. The predicted molar refractivity (Wildman–Crippen MR) is 79.7 cm³/mol. The summed E-state index contributed by atoms with van der Waals surface area (Å²) in [6.07, 6.45) is 6.70. The molecule has 3 rings (SSSR count). The molecule has 0 radical (unpaired) electrons. The molecule has 0 aromatic carbocycles. The molecule has 8 nitrogen and oxygen atoms in total. The third-order valence-corrected chi connectivity index (χ3v) is 3.54. The highest BCUT2D eigenvalue weighted by molar-refractivity contribution is 5.89. The fourth-order valence-electron chi connectivity index (χ4n) is 2.39. The second kappa shape index (κ2) is 6.52. The molecule has 1 fully saturated rings. The van der Waals surface area contributed by atoms with Crippen LogP contribution in [0.1, 0.15) is 19.8 Å². The third-order valence-electron chi connectivity index (χ3n) is 3.54.